The van der Waals surface area contributed by atoms with Crippen molar-refractivity contribution in [1.29, 1.82) is 0 Å². The summed E-state index contributed by atoms with van der Waals surface area (Å²) in [4.78, 5) is 15.8. The van der Waals surface area contributed by atoms with Crippen LogP contribution < -0.4 is 5.56 Å². The zero-order valence-corrected chi connectivity index (χ0v) is 9.79. The number of hydrogen-bond acceptors (Lipinski definition) is 2. The van der Waals surface area contributed by atoms with Gasteiger partial charge in [-0.25, -0.2) is 13.8 Å². The minimum atomic E-state index is -2.71. The molecule has 0 aliphatic rings. The zero-order chi connectivity index (χ0) is 12.7. The lowest BCUT2D eigenvalue weighted by molar-refractivity contribution is 0.140. The van der Waals surface area contributed by atoms with Crippen molar-refractivity contribution in [3.63, 3.8) is 0 Å². The van der Waals surface area contributed by atoms with Crippen molar-refractivity contribution >= 4 is 5.65 Å². The van der Waals surface area contributed by atoms with Gasteiger partial charge < -0.3 is 0 Å². The first-order valence-corrected chi connectivity index (χ1v) is 5.32. The Morgan fingerprint density at radius 1 is 1.41 bits per heavy atom. The summed E-state index contributed by atoms with van der Waals surface area (Å²) >= 11 is 0. The molecule has 0 amide bonds. The number of H-pyrrole nitrogens is 1. The third-order valence-corrected chi connectivity index (χ3v) is 2.68. The van der Waals surface area contributed by atoms with Crippen LogP contribution in [-0.2, 0) is 0 Å². The highest BCUT2D eigenvalue weighted by Crippen LogP contribution is 2.18. The number of nitrogens with zero attached hydrogens (tertiary/aromatic N) is 2. The molecular formula is C11H13F2N3O. The molecule has 4 nitrogen and oxygen atoms in total. The molecule has 2 heterocycles. The molecule has 0 radical (unpaired) electrons. The predicted octanol–water partition coefficient (Wildman–Crippen LogP) is 2.39. The molecular weight excluding hydrogens is 228 g/mol. The number of aromatic amines is 1. The van der Waals surface area contributed by atoms with Crippen molar-refractivity contribution in [2.24, 2.45) is 0 Å². The van der Waals surface area contributed by atoms with Gasteiger partial charge in [-0.05, 0) is 24.5 Å². The molecule has 0 aliphatic heterocycles. The van der Waals surface area contributed by atoms with Crippen molar-refractivity contribution < 1.29 is 8.78 Å². The highest BCUT2D eigenvalue weighted by Gasteiger charge is 2.17. The maximum atomic E-state index is 12.5. The van der Waals surface area contributed by atoms with E-state index < -0.39 is 12.2 Å². The first-order chi connectivity index (χ1) is 7.91. The van der Waals surface area contributed by atoms with E-state index in [1.165, 1.54) is 0 Å². The van der Waals surface area contributed by atoms with Crippen LogP contribution >= 0.6 is 0 Å². The fourth-order valence-electron chi connectivity index (χ4n) is 1.98. The second-order valence-electron chi connectivity index (χ2n) is 4.30. The van der Waals surface area contributed by atoms with E-state index in [-0.39, 0.29) is 17.1 Å². The lowest BCUT2D eigenvalue weighted by Gasteiger charge is -2.08. The second-order valence-corrected chi connectivity index (χ2v) is 4.30. The van der Waals surface area contributed by atoms with Crippen LogP contribution in [0.5, 0.6) is 0 Å². The van der Waals surface area contributed by atoms with Gasteiger partial charge >= 0.3 is 0 Å². The lowest BCUT2D eigenvalue weighted by Crippen LogP contribution is -2.21. The van der Waals surface area contributed by atoms with Gasteiger partial charge in [-0.2, -0.15) is 4.52 Å². The van der Waals surface area contributed by atoms with Crippen LogP contribution in [0.1, 0.15) is 43.1 Å². The maximum absolute atomic E-state index is 12.5. The normalized spacial score (nSPS) is 11.9. The summed E-state index contributed by atoms with van der Waals surface area (Å²) < 4.78 is 26.0. The van der Waals surface area contributed by atoms with Crippen molar-refractivity contribution in [3.05, 3.63) is 33.4 Å². The molecule has 0 atom stereocenters. The van der Waals surface area contributed by atoms with Gasteiger partial charge in [-0.15, -0.1) is 0 Å². The average molecular weight is 241 g/mol. The highest BCUT2D eigenvalue weighted by molar-refractivity contribution is 5.44. The molecule has 2 aromatic heterocycles. The highest BCUT2D eigenvalue weighted by atomic mass is 19.3. The van der Waals surface area contributed by atoms with Gasteiger partial charge in [-0.1, -0.05) is 13.8 Å². The Morgan fingerprint density at radius 3 is 2.59 bits per heavy atom. The van der Waals surface area contributed by atoms with Gasteiger partial charge in [0.05, 0.1) is 0 Å². The van der Waals surface area contributed by atoms with E-state index in [2.05, 4.69) is 10.1 Å². The van der Waals surface area contributed by atoms with Crippen LogP contribution in [0, 0.1) is 6.92 Å². The molecule has 0 saturated heterocycles. The van der Waals surface area contributed by atoms with Crippen LogP contribution in [0.3, 0.4) is 0 Å². The van der Waals surface area contributed by atoms with E-state index in [4.69, 9.17) is 0 Å². The number of aromatic nitrogens is 3. The van der Waals surface area contributed by atoms with E-state index in [0.717, 1.165) is 10.1 Å². The summed E-state index contributed by atoms with van der Waals surface area (Å²) in [6.07, 6.45) is -2.71. The summed E-state index contributed by atoms with van der Waals surface area (Å²) in [6.45, 7) is 5.56. The SMILES string of the molecule is Cc1cc2nc(C(F)F)[nH]n2c(=O)c1C(C)C. The van der Waals surface area contributed by atoms with Crippen molar-refractivity contribution in [2.45, 2.75) is 33.1 Å². The third kappa shape index (κ3) is 1.83. The van der Waals surface area contributed by atoms with Crippen LogP contribution in [0.25, 0.3) is 5.65 Å². The summed E-state index contributed by atoms with van der Waals surface area (Å²) in [5, 5.41) is 2.33. The molecule has 0 unspecified atom stereocenters. The molecule has 92 valence electrons. The number of alkyl halides is 2. The van der Waals surface area contributed by atoms with Crippen LogP contribution in [0.15, 0.2) is 10.9 Å². The quantitative estimate of drug-likeness (QED) is 0.877. The lowest BCUT2D eigenvalue weighted by atomic mass is 10.0. The van der Waals surface area contributed by atoms with Crippen LogP contribution in [-0.4, -0.2) is 14.6 Å². The Morgan fingerprint density at radius 2 is 2.06 bits per heavy atom. The first kappa shape index (κ1) is 11.8. The maximum Gasteiger partial charge on any atom is 0.296 e. The molecule has 0 aliphatic carbocycles. The van der Waals surface area contributed by atoms with Gasteiger partial charge in [0.15, 0.2) is 11.5 Å². The van der Waals surface area contributed by atoms with E-state index in [0.29, 0.717) is 5.56 Å². The fraction of sp³-hybridized carbons (Fsp3) is 0.455. The van der Waals surface area contributed by atoms with E-state index >= 15 is 0 Å². The molecule has 6 heteroatoms. The monoisotopic (exact) mass is 241 g/mol. The number of aryl methyl sites for hydroxylation is 1. The summed E-state index contributed by atoms with van der Waals surface area (Å²) in [5.41, 5.74) is 1.31. The van der Waals surface area contributed by atoms with Crippen LogP contribution in [0.2, 0.25) is 0 Å². The van der Waals surface area contributed by atoms with Gasteiger partial charge in [0.2, 0.25) is 0 Å². The minimum Gasteiger partial charge on any atom is -0.271 e. The molecule has 0 spiro atoms. The molecule has 0 fully saturated rings. The third-order valence-electron chi connectivity index (χ3n) is 2.68. The molecule has 0 bridgehead atoms. The number of halogens is 2. The molecule has 0 aromatic carbocycles. The number of pyridine rings is 1. The number of hydrogen-bond donors (Lipinski definition) is 1. The van der Waals surface area contributed by atoms with Gasteiger partial charge in [0.25, 0.3) is 12.0 Å². The fourth-order valence-corrected chi connectivity index (χ4v) is 1.98. The number of nitrogens with one attached hydrogen (secondary N) is 1. The zero-order valence-electron chi connectivity index (χ0n) is 9.79. The van der Waals surface area contributed by atoms with E-state index in [9.17, 15) is 13.6 Å². The molecule has 17 heavy (non-hydrogen) atoms. The topological polar surface area (TPSA) is 50.2 Å². The van der Waals surface area contributed by atoms with Crippen molar-refractivity contribution in [1.82, 2.24) is 14.6 Å². The number of fused-ring (bicyclic) bond motifs is 1. The Balaban J connectivity index is 2.79. The average Bonchev–Trinajstić information content (AvgIpc) is 2.60. The predicted molar refractivity (Wildman–Crippen MR) is 59.6 cm³/mol. The molecule has 2 aromatic rings. The number of rotatable bonds is 2. The Labute approximate surface area is 96.3 Å². The Kier molecular flexibility index (Phi) is 2.73. The van der Waals surface area contributed by atoms with E-state index in [1.807, 2.05) is 13.8 Å². The Bertz CT molecular complexity index is 613. The van der Waals surface area contributed by atoms with Gasteiger partial charge in [0.1, 0.15) is 0 Å². The van der Waals surface area contributed by atoms with Gasteiger partial charge in [0, 0.05) is 5.56 Å². The van der Waals surface area contributed by atoms with E-state index in [1.54, 1.807) is 13.0 Å². The summed E-state index contributed by atoms with van der Waals surface area (Å²) in [7, 11) is 0. The van der Waals surface area contributed by atoms with Crippen LogP contribution in [0.4, 0.5) is 8.78 Å². The molecule has 0 saturated carbocycles. The van der Waals surface area contributed by atoms with Gasteiger partial charge in [-0.3, -0.25) is 9.89 Å². The Hall–Kier alpha value is -1.72. The second kappa shape index (κ2) is 3.94. The largest absolute Gasteiger partial charge is 0.296 e. The standard InChI is InChI=1S/C11H13F2N3O/c1-5(2)8-6(3)4-7-14-10(9(12)13)15-16(7)11(8)17/h4-5,9H,1-3H3,(H,14,15). The summed E-state index contributed by atoms with van der Waals surface area (Å²) in [6, 6.07) is 1.64. The smallest absolute Gasteiger partial charge is 0.271 e. The minimum absolute atomic E-state index is 0.0395. The molecule has 2 rings (SSSR count). The van der Waals surface area contributed by atoms with Crippen molar-refractivity contribution in [2.75, 3.05) is 0 Å². The molecule has 1 N–H and O–H groups in total. The first-order valence-electron chi connectivity index (χ1n) is 5.32. The summed E-state index contributed by atoms with van der Waals surface area (Å²) in [5.74, 6) is -0.444. The van der Waals surface area contributed by atoms with Crippen molar-refractivity contribution in [3.8, 4) is 0 Å².